The summed E-state index contributed by atoms with van der Waals surface area (Å²) in [7, 11) is 0. The molecule has 5 N–H and O–H groups in total. The van der Waals surface area contributed by atoms with Gasteiger partial charge >= 0.3 is 0 Å². The highest BCUT2D eigenvalue weighted by molar-refractivity contribution is 9.10. The van der Waals surface area contributed by atoms with E-state index in [9.17, 15) is 15.0 Å². The summed E-state index contributed by atoms with van der Waals surface area (Å²) in [6.45, 7) is 5.24. The van der Waals surface area contributed by atoms with Crippen molar-refractivity contribution < 1.29 is 19.7 Å². The lowest BCUT2D eigenvalue weighted by atomic mass is 10.0. The quantitative estimate of drug-likeness (QED) is 0.266. The zero-order valence-corrected chi connectivity index (χ0v) is 21.0. The molecule has 1 aliphatic rings. The van der Waals surface area contributed by atoms with Gasteiger partial charge in [-0.05, 0) is 59.5 Å². The number of aliphatic hydroxyl groups excluding tert-OH is 2. The van der Waals surface area contributed by atoms with Crippen LogP contribution in [0.25, 0.3) is 21.9 Å². The van der Waals surface area contributed by atoms with Gasteiger partial charge in [-0.25, -0.2) is 15.0 Å². The van der Waals surface area contributed by atoms with Gasteiger partial charge in [-0.15, -0.1) is 0 Å². The Bertz CT molecular complexity index is 1490. The van der Waals surface area contributed by atoms with Gasteiger partial charge in [0, 0.05) is 17.2 Å². The van der Waals surface area contributed by atoms with E-state index in [0.717, 1.165) is 20.9 Å². The number of halogens is 1. The lowest BCUT2D eigenvalue weighted by molar-refractivity contribution is -0.112. The molecule has 0 spiro atoms. The standard InChI is InChI=1S/C25H25BrN6O4/c1-12(2)24(35)31-22-15-7-8-32(23(15)29-11-28-22)25-20(34)19(33)18(36-25)6-4-13-3-5-14-10-16(26)21(27)30-17(14)9-13/h3,5,7-11,18-20,25,33-34H,1,4,6H2,2H3,(H2,27,30)(H,28,29,31,35)/t18-,19-,20-,25-/m1/s1. The van der Waals surface area contributed by atoms with E-state index in [1.54, 1.807) is 23.8 Å². The number of nitrogens with zero attached hydrogens (tertiary/aromatic N) is 4. The molecule has 186 valence electrons. The van der Waals surface area contributed by atoms with Gasteiger partial charge in [0.25, 0.3) is 5.91 Å². The average molecular weight is 553 g/mol. The van der Waals surface area contributed by atoms with Gasteiger partial charge in [-0.3, -0.25) is 4.79 Å². The molecule has 1 saturated heterocycles. The zero-order chi connectivity index (χ0) is 25.6. The fourth-order valence-electron chi connectivity index (χ4n) is 4.35. The Labute approximate surface area is 215 Å². The molecule has 4 aromatic rings. The van der Waals surface area contributed by atoms with Crippen LogP contribution in [0.4, 0.5) is 11.6 Å². The van der Waals surface area contributed by atoms with Crippen molar-refractivity contribution in [2.45, 2.75) is 44.3 Å². The number of carbonyl (C=O) groups is 1. The van der Waals surface area contributed by atoms with Gasteiger partial charge in [-0.1, -0.05) is 18.7 Å². The number of aromatic nitrogens is 4. The second-order valence-electron chi connectivity index (χ2n) is 8.88. The lowest BCUT2D eigenvalue weighted by Gasteiger charge is -2.17. The third-order valence-electron chi connectivity index (χ3n) is 6.32. The molecule has 4 atom stereocenters. The molecule has 3 aromatic heterocycles. The maximum absolute atomic E-state index is 12.1. The van der Waals surface area contributed by atoms with Crippen molar-refractivity contribution in [3.8, 4) is 0 Å². The molecule has 0 bridgehead atoms. The fraction of sp³-hybridized carbons (Fsp3) is 0.280. The van der Waals surface area contributed by atoms with Crippen LogP contribution in [0.2, 0.25) is 0 Å². The number of nitrogens with one attached hydrogen (secondary N) is 1. The number of anilines is 2. The summed E-state index contributed by atoms with van der Waals surface area (Å²) >= 11 is 3.39. The normalized spacial score (nSPS) is 21.8. The van der Waals surface area contributed by atoms with E-state index in [2.05, 4.69) is 42.8 Å². The van der Waals surface area contributed by atoms with Crippen LogP contribution in [0.1, 0.15) is 25.1 Å². The minimum absolute atomic E-state index is 0.328. The van der Waals surface area contributed by atoms with E-state index >= 15 is 0 Å². The van der Waals surface area contributed by atoms with Gasteiger partial charge in [-0.2, -0.15) is 0 Å². The fourth-order valence-corrected chi connectivity index (χ4v) is 4.69. The van der Waals surface area contributed by atoms with Crippen LogP contribution in [0.15, 0.2) is 59.5 Å². The van der Waals surface area contributed by atoms with Crippen molar-refractivity contribution in [2.75, 3.05) is 11.1 Å². The van der Waals surface area contributed by atoms with Crippen molar-refractivity contribution in [1.82, 2.24) is 19.5 Å². The Balaban J connectivity index is 1.33. The molecule has 0 radical (unpaired) electrons. The number of fused-ring (bicyclic) bond motifs is 2. The molecule has 10 nitrogen and oxygen atoms in total. The third kappa shape index (κ3) is 4.46. The van der Waals surface area contributed by atoms with Gasteiger partial charge in [0.05, 0.1) is 21.5 Å². The predicted octanol–water partition coefficient (Wildman–Crippen LogP) is 3.09. The Morgan fingerprint density at radius 1 is 1.25 bits per heavy atom. The summed E-state index contributed by atoms with van der Waals surface area (Å²) in [5.41, 5.74) is 8.52. The molecule has 0 unspecified atom stereocenters. The summed E-state index contributed by atoms with van der Waals surface area (Å²) < 4.78 is 8.49. The molecule has 5 rings (SSSR count). The molecule has 36 heavy (non-hydrogen) atoms. The van der Waals surface area contributed by atoms with Crippen LogP contribution in [0.5, 0.6) is 0 Å². The number of aryl methyl sites for hydroxylation is 1. The highest BCUT2D eigenvalue weighted by Crippen LogP contribution is 2.35. The number of nitrogens with two attached hydrogens (primary N) is 1. The molecular formula is C25H25BrN6O4. The molecule has 1 aliphatic heterocycles. The first-order chi connectivity index (χ1) is 17.2. The summed E-state index contributed by atoms with van der Waals surface area (Å²) in [5, 5.41) is 25.8. The summed E-state index contributed by atoms with van der Waals surface area (Å²) in [4.78, 5) is 24.9. The number of pyridine rings is 1. The number of carbonyl (C=O) groups excluding carboxylic acids is 1. The van der Waals surface area contributed by atoms with Gasteiger partial charge < -0.3 is 30.6 Å². The molecule has 0 saturated carbocycles. The highest BCUT2D eigenvalue weighted by atomic mass is 79.9. The number of hydrogen-bond acceptors (Lipinski definition) is 8. The number of rotatable bonds is 6. The van der Waals surface area contributed by atoms with Crippen LogP contribution >= 0.6 is 15.9 Å². The first-order valence-electron chi connectivity index (χ1n) is 11.4. The van der Waals surface area contributed by atoms with E-state index in [4.69, 9.17) is 10.5 Å². The zero-order valence-electron chi connectivity index (χ0n) is 19.4. The van der Waals surface area contributed by atoms with E-state index < -0.39 is 24.5 Å². The first-order valence-corrected chi connectivity index (χ1v) is 12.2. The maximum atomic E-state index is 12.1. The second-order valence-corrected chi connectivity index (χ2v) is 9.74. The molecule has 1 amide bonds. The van der Waals surface area contributed by atoms with E-state index in [1.165, 1.54) is 6.33 Å². The Kier molecular flexibility index (Phi) is 6.47. The lowest BCUT2D eigenvalue weighted by Crippen LogP contribution is -2.31. The monoisotopic (exact) mass is 552 g/mol. The molecular weight excluding hydrogens is 528 g/mol. The van der Waals surface area contributed by atoms with Crippen LogP contribution in [-0.2, 0) is 16.0 Å². The highest BCUT2D eigenvalue weighted by Gasteiger charge is 2.43. The van der Waals surface area contributed by atoms with Crippen molar-refractivity contribution in [3.05, 3.63) is 65.0 Å². The smallest absolute Gasteiger partial charge is 0.251 e. The van der Waals surface area contributed by atoms with Crippen molar-refractivity contribution in [1.29, 1.82) is 0 Å². The number of benzene rings is 1. The summed E-state index contributed by atoms with van der Waals surface area (Å²) in [6.07, 6.45) is 0.424. The average Bonchev–Trinajstić information content (AvgIpc) is 3.40. The van der Waals surface area contributed by atoms with E-state index in [1.807, 2.05) is 24.3 Å². The second kappa shape index (κ2) is 9.58. The molecule has 0 aliphatic carbocycles. The minimum Gasteiger partial charge on any atom is -0.388 e. The number of aliphatic hydroxyl groups is 2. The number of nitrogen functional groups attached to an aromatic ring is 1. The Morgan fingerprint density at radius 2 is 2.06 bits per heavy atom. The predicted molar refractivity (Wildman–Crippen MR) is 139 cm³/mol. The molecule has 4 heterocycles. The van der Waals surface area contributed by atoms with Crippen LogP contribution in [0.3, 0.4) is 0 Å². The van der Waals surface area contributed by atoms with Gasteiger partial charge in [0.2, 0.25) is 0 Å². The first kappa shape index (κ1) is 24.3. The molecule has 11 heteroatoms. The molecule has 1 fully saturated rings. The van der Waals surface area contributed by atoms with Crippen LogP contribution < -0.4 is 11.1 Å². The van der Waals surface area contributed by atoms with Gasteiger partial charge in [0.1, 0.15) is 35.8 Å². The summed E-state index contributed by atoms with van der Waals surface area (Å²) in [5.74, 6) is 0.397. The maximum Gasteiger partial charge on any atom is 0.251 e. The minimum atomic E-state index is -1.16. The Morgan fingerprint density at radius 3 is 2.83 bits per heavy atom. The number of ether oxygens (including phenoxy) is 1. The Hall–Kier alpha value is -3.38. The van der Waals surface area contributed by atoms with Gasteiger partial charge in [0.15, 0.2) is 6.23 Å². The van der Waals surface area contributed by atoms with Crippen LogP contribution in [-0.4, -0.2) is 54.0 Å². The number of hydrogen-bond donors (Lipinski definition) is 4. The summed E-state index contributed by atoms with van der Waals surface area (Å²) in [6, 6.07) is 9.59. The largest absolute Gasteiger partial charge is 0.388 e. The van der Waals surface area contributed by atoms with Crippen molar-refractivity contribution in [2.24, 2.45) is 0 Å². The topological polar surface area (TPSA) is 148 Å². The van der Waals surface area contributed by atoms with Crippen LogP contribution in [0, 0.1) is 0 Å². The van der Waals surface area contributed by atoms with E-state index in [-0.39, 0.29) is 5.91 Å². The number of amides is 1. The van der Waals surface area contributed by atoms with Crippen molar-refractivity contribution in [3.63, 3.8) is 0 Å². The van der Waals surface area contributed by atoms with Crippen molar-refractivity contribution >= 4 is 55.4 Å². The van der Waals surface area contributed by atoms with E-state index in [0.29, 0.717) is 41.1 Å². The SMILES string of the molecule is C=C(C)C(=O)Nc1ncnc2c1ccn2[C@@H]1O[C@H](CCc2ccc3cc(Br)c(N)nc3c2)[C@@H](O)[C@H]1O. The third-order valence-corrected chi connectivity index (χ3v) is 6.96. The molecule has 1 aromatic carbocycles.